The van der Waals surface area contributed by atoms with Gasteiger partial charge in [0, 0.05) is 55.9 Å². The first-order chi connectivity index (χ1) is 13.3. The van der Waals surface area contributed by atoms with Crippen LogP contribution in [0.25, 0.3) is 5.82 Å². The van der Waals surface area contributed by atoms with Gasteiger partial charge in [0.05, 0.1) is 5.56 Å². The molecule has 1 aliphatic rings. The Balaban J connectivity index is 1.55. The second-order valence-corrected chi connectivity index (χ2v) is 6.82. The van der Waals surface area contributed by atoms with Crippen LogP contribution >= 0.6 is 0 Å². The van der Waals surface area contributed by atoms with Crippen LogP contribution in [0, 0.1) is 0 Å². The molecule has 1 saturated heterocycles. The maximum atomic E-state index is 12.8. The average Bonchev–Trinajstić information content (AvgIpc) is 3.23. The van der Waals surface area contributed by atoms with Crippen molar-refractivity contribution >= 4 is 5.91 Å². The van der Waals surface area contributed by atoms with Crippen LogP contribution in [0.5, 0.6) is 0 Å². The van der Waals surface area contributed by atoms with Crippen molar-refractivity contribution in [3.05, 3.63) is 72.2 Å². The zero-order valence-corrected chi connectivity index (χ0v) is 15.5. The molecule has 4 heterocycles. The topological polar surface area (TPSA) is 63.9 Å². The second-order valence-electron chi connectivity index (χ2n) is 6.82. The van der Waals surface area contributed by atoms with Gasteiger partial charge in [0.1, 0.15) is 11.6 Å². The highest BCUT2D eigenvalue weighted by molar-refractivity contribution is 5.94. The summed E-state index contributed by atoms with van der Waals surface area (Å²) in [6.45, 7) is 3.56. The summed E-state index contributed by atoms with van der Waals surface area (Å²) in [5.41, 5.74) is 1.68. The summed E-state index contributed by atoms with van der Waals surface area (Å²) in [5, 5.41) is 0. The summed E-state index contributed by atoms with van der Waals surface area (Å²) in [6.07, 6.45) is 9.95. The van der Waals surface area contributed by atoms with Crippen LogP contribution in [0.2, 0.25) is 0 Å². The molecule has 138 valence electrons. The van der Waals surface area contributed by atoms with Gasteiger partial charge in [-0.1, -0.05) is 13.0 Å². The highest BCUT2D eigenvalue weighted by Crippen LogP contribution is 2.27. The number of pyridine rings is 2. The number of aryl methyl sites for hydroxylation is 1. The summed E-state index contributed by atoms with van der Waals surface area (Å²) in [6, 6.07) is 9.73. The Morgan fingerprint density at radius 1 is 1.22 bits per heavy atom. The van der Waals surface area contributed by atoms with E-state index < -0.39 is 0 Å². The van der Waals surface area contributed by atoms with Gasteiger partial charge in [0.25, 0.3) is 5.91 Å². The lowest BCUT2D eigenvalue weighted by Gasteiger charge is -2.32. The van der Waals surface area contributed by atoms with Crippen molar-refractivity contribution in [3.8, 4) is 5.82 Å². The van der Waals surface area contributed by atoms with Gasteiger partial charge in [0.15, 0.2) is 0 Å². The molecule has 0 spiro atoms. The fourth-order valence-corrected chi connectivity index (χ4v) is 3.68. The molecule has 0 aromatic carbocycles. The monoisotopic (exact) mass is 361 g/mol. The zero-order valence-electron chi connectivity index (χ0n) is 15.5. The van der Waals surface area contributed by atoms with Crippen LogP contribution in [0.1, 0.15) is 47.6 Å². The van der Waals surface area contributed by atoms with Crippen LogP contribution in [-0.4, -0.2) is 43.4 Å². The Labute approximate surface area is 158 Å². The van der Waals surface area contributed by atoms with Crippen molar-refractivity contribution in [1.29, 1.82) is 0 Å². The van der Waals surface area contributed by atoms with Crippen LogP contribution < -0.4 is 0 Å². The summed E-state index contributed by atoms with van der Waals surface area (Å²) in [7, 11) is 0. The van der Waals surface area contributed by atoms with Gasteiger partial charge in [0.2, 0.25) is 0 Å². The summed E-state index contributed by atoms with van der Waals surface area (Å²) in [5.74, 6) is 2.17. The molecule has 1 aliphatic heterocycles. The van der Waals surface area contributed by atoms with Gasteiger partial charge in [-0.15, -0.1) is 0 Å². The number of rotatable bonds is 4. The fraction of sp³-hybridized carbons (Fsp3) is 0.333. The van der Waals surface area contributed by atoms with E-state index in [2.05, 4.69) is 23.0 Å². The number of hydrogen-bond donors (Lipinski definition) is 0. The van der Waals surface area contributed by atoms with Crippen molar-refractivity contribution in [2.24, 2.45) is 0 Å². The summed E-state index contributed by atoms with van der Waals surface area (Å²) >= 11 is 0. The van der Waals surface area contributed by atoms with Crippen LogP contribution in [0.4, 0.5) is 0 Å². The lowest BCUT2D eigenvalue weighted by molar-refractivity contribution is 0.0705. The number of carbonyl (C=O) groups excluding carboxylic acids is 1. The van der Waals surface area contributed by atoms with Gasteiger partial charge in [-0.3, -0.25) is 14.3 Å². The fourth-order valence-electron chi connectivity index (χ4n) is 3.68. The van der Waals surface area contributed by atoms with E-state index in [0.29, 0.717) is 12.1 Å². The maximum absolute atomic E-state index is 12.8. The SMILES string of the molecule is CCc1nccn1-c1cccc([C@H]2CCCN(C(=O)c3cccnc3)C2)n1. The maximum Gasteiger partial charge on any atom is 0.255 e. The molecule has 1 atom stereocenters. The van der Waals surface area contributed by atoms with Crippen molar-refractivity contribution in [1.82, 2.24) is 24.4 Å². The van der Waals surface area contributed by atoms with E-state index in [9.17, 15) is 4.79 Å². The van der Waals surface area contributed by atoms with Gasteiger partial charge in [-0.25, -0.2) is 9.97 Å². The molecule has 1 fully saturated rings. The van der Waals surface area contributed by atoms with Crippen molar-refractivity contribution in [3.63, 3.8) is 0 Å². The number of imidazole rings is 1. The van der Waals surface area contributed by atoms with Crippen LogP contribution in [0.15, 0.2) is 55.1 Å². The quantitative estimate of drug-likeness (QED) is 0.716. The minimum Gasteiger partial charge on any atom is -0.338 e. The van der Waals surface area contributed by atoms with E-state index in [1.807, 2.05) is 40.1 Å². The highest BCUT2D eigenvalue weighted by Gasteiger charge is 2.26. The number of aromatic nitrogens is 4. The van der Waals surface area contributed by atoms with Crippen molar-refractivity contribution < 1.29 is 4.79 Å². The molecular weight excluding hydrogens is 338 g/mol. The van der Waals surface area contributed by atoms with E-state index in [1.165, 1.54) is 0 Å². The van der Waals surface area contributed by atoms with Gasteiger partial charge in [-0.05, 0) is 37.1 Å². The molecule has 1 amide bonds. The molecule has 27 heavy (non-hydrogen) atoms. The molecule has 3 aromatic heterocycles. The first-order valence-corrected chi connectivity index (χ1v) is 9.45. The third-order valence-electron chi connectivity index (χ3n) is 5.07. The third-order valence-corrected chi connectivity index (χ3v) is 5.07. The lowest BCUT2D eigenvalue weighted by atomic mass is 9.94. The number of likely N-dealkylation sites (tertiary alicyclic amines) is 1. The molecule has 0 bridgehead atoms. The molecule has 0 aliphatic carbocycles. The van der Waals surface area contributed by atoms with Crippen LogP contribution in [0.3, 0.4) is 0 Å². The summed E-state index contributed by atoms with van der Waals surface area (Å²) < 4.78 is 2.03. The molecule has 6 nitrogen and oxygen atoms in total. The van der Waals surface area contributed by atoms with Gasteiger partial charge >= 0.3 is 0 Å². The average molecular weight is 361 g/mol. The van der Waals surface area contributed by atoms with Gasteiger partial charge < -0.3 is 4.90 Å². The van der Waals surface area contributed by atoms with E-state index in [-0.39, 0.29) is 11.8 Å². The predicted molar refractivity (Wildman–Crippen MR) is 103 cm³/mol. The second kappa shape index (κ2) is 7.70. The largest absolute Gasteiger partial charge is 0.338 e. The molecule has 0 N–H and O–H groups in total. The number of nitrogens with zero attached hydrogens (tertiary/aromatic N) is 5. The van der Waals surface area contributed by atoms with Crippen LogP contribution in [-0.2, 0) is 6.42 Å². The Morgan fingerprint density at radius 3 is 2.96 bits per heavy atom. The first kappa shape index (κ1) is 17.4. The highest BCUT2D eigenvalue weighted by atomic mass is 16.2. The summed E-state index contributed by atoms with van der Waals surface area (Å²) in [4.78, 5) is 28.0. The smallest absolute Gasteiger partial charge is 0.255 e. The Bertz CT molecular complexity index is 921. The third kappa shape index (κ3) is 3.60. The Kier molecular flexibility index (Phi) is 4.96. The van der Waals surface area contributed by atoms with E-state index in [4.69, 9.17) is 4.98 Å². The molecule has 0 radical (unpaired) electrons. The van der Waals surface area contributed by atoms with E-state index in [0.717, 1.165) is 43.1 Å². The lowest BCUT2D eigenvalue weighted by Crippen LogP contribution is -2.39. The van der Waals surface area contributed by atoms with E-state index in [1.54, 1.807) is 18.5 Å². The Hall–Kier alpha value is -3.02. The molecule has 0 unspecified atom stereocenters. The number of piperidine rings is 1. The number of carbonyl (C=O) groups is 1. The molecular formula is C21H23N5O. The standard InChI is InChI=1S/C21H23N5O/c1-2-19-23-11-13-26(19)20-9-3-8-18(24-20)17-7-5-12-25(15-17)21(27)16-6-4-10-22-14-16/h3-4,6,8-11,13-14,17H,2,5,7,12,15H2,1H3/t17-/m0/s1. The first-order valence-electron chi connectivity index (χ1n) is 9.45. The van der Waals surface area contributed by atoms with Gasteiger partial charge in [-0.2, -0.15) is 0 Å². The zero-order chi connectivity index (χ0) is 18.6. The predicted octanol–water partition coefficient (Wildman–Crippen LogP) is 3.24. The minimum atomic E-state index is 0.0480. The number of amides is 1. The normalized spacial score (nSPS) is 17.1. The number of hydrogen-bond acceptors (Lipinski definition) is 4. The minimum absolute atomic E-state index is 0.0480. The molecule has 0 saturated carbocycles. The van der Waals surface area contributed by atoms with Crippen molar-refractivity contribution in [2.45, 2.75) is 32.1 Å². The van der Waals surface area contributed by atoms with Crippen molar-refractivity contribution in [2.75, 3.05) is 13.1 Å². The Morgan fingerprint density at radius 2 is 2.15 bits per heavy atom. The molecule has 4 rings (SSSR count). The molecule has 3 aromatic rings. The molecule has 6 heteroatoms. The van der Waals surface area contributed by atoms with E-state index >= 15 is 0 Å².